The zero-order valence-corrected chi connectivity index (χ0v) is 13.4. The van der Waals surface area contributed by atoms with Gasteiger partial charge in [-0.2, -0.15) is 0 Å². The number of rotatable bonds is 5. The van der Waals surface area contributed by atoms with Crippen molar-refractivity contribution in [3.05, 3.63) is 58.9 Å². The molecule has 3 aromatic rings. The molecule has 0 unspecified atom stereocenters. The summed E-state index contributed by atoms with van der Waals surface area (Å²) in [5.41, 5.74) is 2.82. The minimum absolute atomic E-state index is 0.0307. The zero-order chi connectivity index (χ0) is 17.1. The van der Waals surface area contributed by atoms with Crippen LogP contribution in [0.2, 0.25) is 0 Å². The van der Waals surface area contributed by atoms with E-state index in [9.17, 15) is 14.0 Å². The number of halogens is 1. The molecule has 0 bridgehead atoms. The number of hydrogen-bond acceptors (Lipinski definition) is 6. The molecular formula is C17H12FNO4S. The Morgan fingerprint density at radius 3 is 2.83 bits per heavy atom. The molecule has 122 valence electrons. The fraction of sp³-hybridized carbons (Fsp3) is 0.118. The molecule has 0 saturated heterocycles. The Bertz CT molecular complexity index is 922. The van der Waals surface area contributed by atoms with Crippen LogP contribution >= 0.6 is 11.3 Å². The number of thiazole rings is 1. The second kappa shape index (κ2) is 6.76. The Hall–Kier alpha value is -2.80. The molecule has 0 aliphatic carbocycles. The number of carbonyl (C=O) groups excluding carboxylic acids is 2. The first-order valence-electron chi connectivity index (χ1n) is 6.95. The predicted octanol–water partition coefficient (Wildman–Crippen LogP) is 3.48. The molecule has 0 amide bonds. The van der Waals surface area contributed by atoms with E-state index in [0.717, 1.165) is 16.3 Å². The smallest absolute Gasteiger partial charge is 0.338 e. The molecular weight excluding hydrogens is 333 g/mol. The molecule has 0 atom stereocenters. The molecule has 2 aromatic carbocycles. The number of hydrogen-bond donors (Lipinski definition) is 0. The molecule has 5 nitrogen and oxygen atoms in total. The highest BCUT2D eigenvalue weighted by atomic mass is 32.1. The average molecular weight is 345 g/mol. The molecule has 0 N–H and O–H groups in total. The van der Waals surface area contributed by atoms with Gasteiger partial charge >= 0.3 is 5.97 Å². The van der Waals surface area contributed by atoms with Crippen LogP contribution in [0.5, 0.6) is 5.75 Å². The number of ketones is 1. The van der Waals surface area contributed by atoms with Gasteiger partial charge in [0.25, 0.3) is 0 Å². The van der Waals surface area contributed by atoms with Crippen LogP contribution < -0.4 is 4.74 Å². The van der Waals surface area contributed by atoms with Gasteiger partial charge in [-0.1, -0.05) is 0 Å². The van der Waals surface area contributed by atoms with Crippen molar-refractivity contribution in [2.24, 2.45) is 0 Å². The number of methoxy groups -OCH3 is 1. The van der Waals surface area contributed by atoms with E-state index in [0.29, 0.717) is 5.56 Å². The lowest BCUT2D eigenvalue weighted by molar-refractivity contribution is 0.0474. The predicted molar refractivity (Wildman–Crippen MR) is 87.2 cm³/mol. The fourth-order valence-electron chi connectivity index (χ4n) is 2.17. The summed E-state index contributed by atoms with van der Waals surface area (Å²) in [6, 6.07) is 8.53. The summed E-state index contributed by atoms with van der Waals surface area (Å²) in [7, 11) is 1.38. The third-order valence-electron chi connectivity index (χ3n) is 3.36. The van der Waals surface area contributed by atoms with Crippen molar-refractivity contribution < 1.29 is 23.5 Å². The normalized spacial score (nSPS) is 10.6. The minimum Gasteiger partial charge on any atom is -0.496 e. The van der Waals surface area contributed by atoms with E-state index in [2.05, 4.69) is 4.98 Å². The summed E-state index contributed by atoms with van der Waals surface area (Å²) >= 11 is 1.40. The van der Waals surface area contributed by atoms with Crippen LogP contribution in [0.25, 0.3) is 10.2 Å². The lowest BCUT2D eigenvalue weighted by Gasteiger charge is -2.08. The quantitative estimate of drug-likeness (QED) is 0.523. The highest BCUT2D eigenvalue weighted by Crippen LogP contribution is 2.21. The van der Waals surface area contributed by atoms with E-state index < -0.39 is 24.2 Å². The molecule has 0 saturated carbocycles. The lowest BCUT2D eigenvalue weighted by Crippen LogP contribution is -2.15. The van der Waals surface area contributed by atoms with Gasteiger partial charge in [0.2, 0.25) is 5.78 Å². The van der Waals surface area contributed by atoms with E-state index >= 15 is 0 Å². The molecule has 7 heteroatoms. The van der Waals surface area contributed by atoms with Crippen LogP contribution in [0.15, 0.2) is 41.9 Å². The van der Waals surface area contributed by atoms with Crippen molar-refractivity contribution in [2.45, 2.75) is 0 Å². The number of benzene rings is 2. The van der Waals surface area contributed by atoms with Gasteiger partial charge in [0.05, 0.1) is 34.0 Å². The lowest BCUT2D eigenvalue weighted by atomic mass is 10.1. The third kappa shape index (κ3) is 3.26. The van der Waals surface area contributed by atoms with Gasteiger partial charge in [0.1, 0.15) is 11.6 Å². The number of nitrogens with zero attached hydrogens (tertiary/aromatic N) is 1. The molecule has 0 radical (unpaired) electrons. The molecule has 0 aliphatic rings. The van der Waals surface area contributed by atoms with E-state index in [4.69, 9.17) is 9.47 Å². The molecule has 1 aromatic heterocycles. The third-order valence-corrected chi connectivity index (χ3v) is 4.16. The van der Waals surface area contributed by atoms with Crippen molar-refractivity contribution in [1.29, 1.82) is 0 Å². The zero-order valence-electron chi connectivity index (χ0n) is 12.6. The van der Waals surface area contributed by atoms with Gasteiger partial charge in [-0.25, -0.2) is 14.2 Å². The first-order valence-corrected chi connectivity index (χ1v) is 7.83. The van der Waals surface area contributed by atoms with Gasteiger partial charge in [0.15, 0.2) is 6.61 Å². The van der Waals surface area contributed by atoms with Crippen LogP contribution in [0, 0.1) is 5.82 Å². The highest BCUT2D eigenvalue weighted by molar-refractivity contribution is 7.16. The number of Topliss-reactive ketones (excluding diaryl/α,β-unsaturated/α-hetero) is 1. The van der Waals surface area contributed by atoms with Crippen LogP contribution in [-0.4, -0.2) is 30.5 Å². The Morgan fingerprint density at radius 1 is 1.21 bits per heavy atom. The molecule has 3 rings (SSSR count). The van der Waals surface area contributed by atoms with Crippen molar-refractivity contribution >= 4 is 33.3 Å². The SMILES string of the molecule is COc1ccc(F)cc1C(=O)COC(=O)c1ccc2ncsc2c1. The Morgan fingerprint density at radius 2 is 2.04 bits per heavy atom. The summed E-state index contributed by atoms with van der Waals surface area (Å²) in [4.78, 5) is 28.3. The van der Waals surface area contributed by atoms with Gasteiger partial charge in [-0.15, -0.1) is 11.3 Å². The first-order chi connectivity index (χ1) is 11.6. The summed E-state index contributed by atoms with van der Waals surface area (Å²) in [5.74, 6) is -1.52. The summed E-state index contributed by atoms with van der Waals surface area (Å²) in [6.07, 6.45) is 0. The number of aromatic nitrogens is 1. The monoisotopic (exact) mass is 345 g/mol. The summed E-state index contributed by atoms with van der Waals surface area (Å²) in [6.45, 7) is -0.501. The Labute approximate surface area is 140 Å². The molecule has 24 heavy (non-hydrogen) atoms. The van der Waals surface area contributed by atoms with Crippen LogP contribution in [0.1, 0.15) is 20.7 Å². The number of esters is 1. The topological polar surface area (TPSA) is 65.5 Å². The van der Waals surface area contributed by atoms with E-state index in [1.54, 1.807) is 23.7 Å². The molecule has 0 fully saturated rings. The molecule has 1 heterocycles. The van der Waals surface area contributed by atoms with E-state index in [1.807, 2.05) is 0 Å². The van der Waals surface area contributed by atoms with Gasteiger partial charge < -0.3 is 9.47 Å². The van der Waals surface area contributed by atoms with Crippen LogP contribution in [-0.2, 0) is 4.74 Å². The maximum Gasteiger partial charge on any atom is 0.338 e. The summed E-state index contributed by atoms with van der Waals surface area (Å²) in [5, 5.41) is 0. The van der Waals surface area contributed by atoms with Gasteiger partial charge in [-0.05, 0) is 36.4 Å². The average Bonchev–Trinajstić information content (AvgIpc) is 3.06. The van der Waals surface area contributed by atoms with E-state index in [-0.39, 0.29) is 11.3 Å². The fourth-order valence-corrected chi connectivity index (χ4v) is 2.89. The van der Waals surface area contributed by atoms with Crippen molar-refractivity contribution in [1.82, 2.24) is 4.98 Å². The number of carbonyl (C=O) groups is 2. The Kier molecular flexibility index (Phi) is 4.52. The largest absolute Gasteiger partial charge is 0.496 e. The molecule has 0 spiro atoms. The van der Waals surface area contributed by atoms with Crippen molar-refractivity contribution in [2.75, 3.05) is 13.7 Å². The standard InChI is InChI=1S/C17H12FNO4S/c1-22-15-5-3-11(18)7-12(15)14(20)8-23-17(21)10-2-4-13-16(6-10)24-9-19-13/h2-7,9H,8H2,1H3. The van der Waals surface area contributed by atoms with Crippen LogP contribution in [0.3, 0.4) is 0 Å². The van der Waals surface area contributed by atoms with Gasteiger partial charge in [-0.3, -0.25) is 4.79 Å². The summed E-state index contributed by atoms with van der Waals surface area (Å²) < 4.78 is 24.2. The van der Waals surface area contributed by atoms with Crippen molar-refractivity contribution in [3.8, 4) is 5.75 Å². The second-order valence-corrected chi connectivity index (χ2v) is 5.77. The first kappa shape index (κ1) is 16.1. The van der Waals surface area contributed by atoms with Gasteiger partial charge in [0, 0.05) is 0 Å². The number of ether oxygens (including phenoxy) is 2. The van der Waals surface area contributed by atoms with Crippen LogP contribution in [0.4, 0.5) is 4.39 Å². The highest BCUT2D eigenvalue weighted by Gasteiger charge is 2.17. The minimum atomic E-state index is -0.631. The van der Waals surface area contributed by atoms with E-state index in [1.165, 1.54) is 30.6 Å². The molecule has 0 aliphatic heterocycles. The maximum absolute atomic E-state index is 13.3. The second-order valence-electron chi connectivity index (χ2n) is 4.88. The number of fused-ring (bicyclic) bond motifs is 1. The maximum atomic E-state index is 13.3. The Balaban J connectivity index is 1.71. The van der Waals surface area contributed by atoms with Crippen molar-refractivity contribution in [3.63, 3.8) is 0 Å².